The minimum Gasteiger partial charge on any atom is -0.453 e. The van der Waals surface area contributed by atoms with Gasteiger partial charge >= 0.3 is 5.97 Å². The predicted octanol–water partition coefficient (Wildman–Crippen LogP) is 2.13. The molecular formula is C10H16O2. The van der Waals surface area contributed by atoms with E-state index in [0.717, 1.165) is 19.3 Å². The van der Waals surface area contributed by atoms with E-state index in [4.69, 9.17) is 4.74 Å². The number of esters is 1. The van der Waals surface area contributed by atoms with Crippen LogP contribution in [0.4, 0.5) is 0 Å². The first-order chi connectivity index (χ1) is 5.66. The minimum atomic E-state index is -0.416. The Morgan fingerprint density at radius 3 is 2.67 bits per heavy atom. The molecule has 0 atom stereocenters. The van der Waals surface area contributed by atoms with Crippen molar-refractivity contribution in [3.05, 3.63) is 0 Å². The molecule has 12 heavy (non-hydrogen) atoms. The fourth-order valence-corrected chi connectivity index (χ4v) is 0.643. The Labute approximate surface area is 74.3 Å². The summed E-state index contributed by atoms with van der Waals surface area (Å²) in [7, 11) is 0. The molecule has 0 aliphatic heterocycles. The molecule has 68 valence electrons. The van der Waals surface area contributed by atoms with E-state index in [-0.39, 0.29) is 6.10 Å². The molecule has 0 aromatic rings. The van der Waals surface area contributed by atoms with Crippen LogP contribution in [0.25, 0.3) is 0 Å². The van der Waals surface area contributed by atoms with Crippen molar-refractivity contribution in [1.82, 2.24) is 0 Å². The van der Waals surface area contributed by atoms with Crippen LogP contribution >= 0.6 is 0 Å². The van der Waals surface area contributed by atoms with Gasteiger partial charge in [0.1, 0.15) is 0 Å². The van der Waals surface area contributed by atoms with Gasteiger partial charge in [-0.05, 0) is 20.3 Å². The Morgan fingerprint density at radius 1 is 1.50 bits per heavy atom. The van der Waals surface area contributed by atoms with Gasteiger partial charge in [-0.3, -0.25) is 0 Å². The lowest BCUT2D eigenvalue weighted by molar-refractivity contribution is -0.140. The highest BCUT2D eigenvalue weighted by atomic mass is 16.5. The van der Waals surface area contributed by atoms with Gasteiger partial charge in [0.15, 0.2) is 0 Å². The van der Waals surface area contributed by atoms with E-state index in [9.17, 15) is 4.79 Å². The van der Waals surface area contributed by atoms with Gasteiger partial charge in [-0.15, -0.1) is 0 Å². The maximum absolute atomic E-state index is 10.8. The summed E-state index contributed by atoms with van der Waals surface area (Å²) in [6.07, 6.45) is 2.86. The van der Waals surface area contributed by atoms with Gasteiger partial charge in [-0.1, -0.05) is 19.3 Å². The topological polar surface area (TPSA) is 26.3 Å². The number of rotatable bonds is 3. The summed E-state index contributed by atoms with van der Waals surface area (Å²) < 4.78 is 4.82. The van der Waals surface area contributed by atoms with Crippen molar-refractivity contribution < 1.29 is 9.53 Å². The van der Waals surface area contributed by atoms with Crippen LogP contribution in [-0.4, -0.2) is 12.1 Å². The molecule has 0 rings (SSSR count). The lowest BCUT2D eigenvalue weighted by Crippen LogP contribution is -2.08. The third-order valence-electron chi connectivity index (χ3n) is 1.19. The molecule has 0 aromatic carbocycles. The van der Waals surface area contributed by atoms with E-state index >= 15 is 0 Å². The zero-order valence-corrected chi connectivity index (χ0v) is 8.02. The predicted molar refractivity (Wildman–Crippen MR) is 48.5 cm³/mol. The van der Waals surface area contributed by atoms with Gasteiger partial charge in [0, 0.05) is 12.3 Å². The molecule has 0 radical (unpaired) electrons. The van der Waals surface area contributed by atoms with E-state index in [1.807, 2.05) is 13.8 Å². The van der Waals surface area contributed by atoms with Crippen LogP contribution in [0.15, 0.2) is 0 Å². The van der Waals surface area contributed by atoms with Gasteiger partial charge in [0.2, 0.25) is 0 Å². The van der Waals surface area contributed by atoms with Gasteiger partial charge in [0.25, 0.3) is 0 Å². The fourth-order valence-electron chi connectivity index (χ4n) is 0.643. The maximum Gasteiger partial charge on any atom is 0.384 e. The number of hydrogen-bond acceptors (Lipinski definition) is 2. The smallest absolute Gasteiger partial charge is 0.384 e. The van der Waals surface area contributed by atoms with Crippen molar-refractivity contribution in [3.8, 4) is 11.8 Å². The Morgan fingerprint density at radius 2 is 2.17 bits per heavy atom. The van der Waals surface area contributed by atoms with Crippen molar-refractivity contribution in [1.29, 1.82) is 0 Å². The molecule has 0 unspecified atom stereocenters. The molecular weight excluding hydrogens is 152 g/mol. The molecule has 2 heteroatoms. The summed E-state index contributed by atoms with van der Waals surface area (Å²) in [5, 5.41) is 0. The summed E-state index contributed by atoms with van der Waals surface area (Å²) in [4.78, 5) is 10.8. The third kappa shape index (κ3) is 7.14. The molecule has 0 spiro atoms. The number of unbranched alkanes of at least 4 members (excludes halogenated alkanes) is 2. The highest BCUT2D eigenvalue weighted by Gasteiger charge is 1.98. The second kappa shape index (κ2) is 6.72. The first-order valence-corrected chi connectivity index (χ1v) is 4.36. The maximum atomic E-state index is 10.8. The van der Waals surface area contributed by atoms with Crippen LogP contribution in [0.5, 0.6) is 0 Å². The van der Waals surface area contributed by atoms with E-state index in [2.05, 4.69) is 18.8 Å². The standard InChI is InChI=1S/C10H16O2/c1-4-5-6-7-8-10(11)12-9(2)3/h9H,4-6H2,1-3H3. The summed E-state index contributed by atoms with van der Waals surface area (Å²) in [6.45, 7) is 5.71. The molecule has 0 bridgehead atoms. The monoisotopic (exact) mass is 168 g/mol. The summed E-state index contributed by atoms with van der Waals surface area (Å²) in [5.41, 5.74) is 0. The first-order valence-electron chi connectivity index (χ1n) is 4.36. The molecule has 0 amide bonds. The largest absolute Gasteiger partial charge is 0.453 e. The fraction of sp³-hybridized carbons (Fsp3) is 0.700. The van der Waals surface area contributed by atoms with E-state index < -0.39 is 5.97 Å². The number of hydrogen-bond donors (Lipinski definition) is 0. The van der Waals surface area contributed by atoms with Gasteiger partial charge in [-0.25, -0.2) is 4.79 Å². The minimum absolute atomic E-state index is 0.0713. The third-order valence-corrected chi connectivity index (χ3v) is 1.19. The van der Waals surface area contributed by atoms with E-state index in [1.54, 1.807) is 0 Å². The van der Waals surface area contributed by atoms with Gasteiger partial charge in [-0.2, -0.15) is 0 Å². The Hall–Kier alpha value is -0.970. The van der Waals surface area contributed by atoms with Crippen LogP contribution in [0.1, 0.15) is 40.0 Å². The second-order valence-electron chi connectivity index (χ2n) is 2.86. The van der Waals surface area contributed by atoms with Crippen molar-refractivity contribution >= 4 is 5.97 Å². The molecule has 0 aliphatic carbocycles. The zero-order chi connectivity index (χ0) is 9.40. The SMILES string of the molecule is CCCCC#CC(=O)OC(C)C. The lowest BCUT2D eigenvalue weighted by Gasteiger charge is -2.01. The normalized spacial score (nSPS) is 9.00. The molecule has 0 saturated carbocycles. The molecule has 0 aromatic heterocycles. The average Bonchev–Trinajstić information content (AvgIpc) is 1.97. The summed E-state index contributed by atoms with van der Waals surface area (Å²) >= 11 is 0. The average molecular weight is 168 g/mol. The number of carbonyl (C=O) groups excluding carboxylic acids is 1. The van der Waals surface area contributed by atoms with E-state index in [1.165, 1.54) is 0 Å². The number of carbonyl (C=O) groups is 1. The van der Waals surface area contributed by atoms with E-state index in [0.29, 0.717) is 0 Å². The quantitative estimate of drug-likeness (QED) is 0.279. The van der Waals surface area contributed by atoms with Crippen molar-refractivity contribution in [2.45, 2.75) is 46.1 Å². The lowest BCUT2D eigenvalue weighted by atomic mass is 10.2. The molecule has 0 aliphatic rings. The molecule has 0 saturated heterocycles. The van der Waals surface area contributed by atoms with Crippen LogP contribution in [-0.2, 0) is 9.53 Å². The van der Waals surface area contributed by atoms with Gasteiger partial charge in [0.05, 0.1) is 6.10 Å². The van der Waals surface area contributed by atoms with Crippen LogP contribution in [0, 0.1) is 11.8 Å². The molecule has 0 fully saturated rings. The van der Waals surface area contributed by atoms with Crippen molar-refractivity contribution in [2.75, 3.05) is 0 Å². The Kier molecular flexibility index (Phi) is 6.18. The van der Waals surface area contributed by atoms with Crippen molar-refractivity contribution in [2.24, 2.45) is 0 Å². The Balaban J connectivity index is 3.57. The highest BCUT2D eigenvalue weighted by molar-refractivity contribution is 5.88. The van der Waals surface area contributed by atoms with Crippen LogP contribution in [0.3, 0.4) is 0 Å². The van der Waals surface area contributed by atoms with Crippen molar-refractivity contribution in [3.63, 3.8) is 0 Å². The zero-order valence-electron chi connectivity index (χ0n) is 8.02. The Bertz CT molecular complexity index is 184. The molecule has 2 nitrogen and oxygen atoms in total. The van der Waals surface area contributed by atoms with Crippen LogP contribution in [0.2, 0.25) is 0 Å². The summed E-state index contributed by atoms with van der Waals surface area (Å²) in [6, 6.07) is 0. The molecule has 0 heterocycles. The second-order valence-corrected chi connectivity index (χ2v) is 2.86. The highest BCUT2D eigenvalue weighted by Crippen LogP contribution is 1.91. The number of ether oxygens (including phenoxy) is 1. The molecule has 0 N–H and O–H groups in total. The first kappa shape index (κ1) is 11.0. The van der Waals surface area contributed by atoms with Crippen LogP contribution < -0.4 is 0 Å². The summed E-state index contributed by atoms with van der Waals surface area (Å²) in [5.74, 6) is 4.79. The van der Waals surface area contributed by atoms with Gasteiger partial charge < -0.3 is 4.74 Å².